The Labute approximate surface area is 99.8 Å². The van der Waals surface area contributed by atoms with Crippen LogP contribution in [0.3, 0.4) is 0 Å². The molecule has 0 bridgehead atoms. The molecule has 0 unspecified atom stereocenters. The summed E-state index contributed by atoms with van der Waals surface area (Å²) in [6, 6.07) is 0. The number of aromatic nitrogens is 2. The van der Waals surface area contributed by atoms with Gasteiger partial charge in [0.25, 0.3) is 0 Å². The maximum atomic E-state index is 5.91. The van der Waals surface area contributed by atoms with E-state index >= 15 is 0 Å². The van der Waals surface area contributed by atoms with Crippen molar-refractivity contribution in [2.45, 2.75) is 19.3 Å². The molecule has 0 saturated carbocycles. The number of ether oxygens (including phenoxy) is 1. The van der Waals surface area contributed by atoms with Gasteiger partial charge in [-0.15, -0.1) is 0 Å². The molecule has 1 aliphatic heterocycles. The first-order valence-corrected chi connectivity index (χ1v) is 5.75. The Morgan fingerprint density at radius 3 is 2.75 bits per heavy atom. The van der Waals surface area contributed by atoms with Gasteiger partial charge in [-0.2, -0.15) is 0 Å². The van der Waals surface area contributed by atoms with Crippen LogP contribution in [0, 0.1) is 0 Å². The molecule has 1 aliphatic rings. The third kappa shape index (κ3) is 2.54. The fourth-order valence-corrected chi connectivity index (χ4v) is 1.98. The summed E-state index contributed by atoms with van der Waals surface area (Å²) in [6.07, 6.45) is 5.12. The first-order chi connectivity index (χ1) is 7.81. The zero-order chi connectivity index (χ0) is 11.4. The molecule has 2 heterocycles. The van der Waals surface area contributed by atoms with Gasteiger partial charge in [0.2, 0.25) is 0 Å². The second-order valence-corrected chi connectivity index (χ2v) is 4.06. The Bertz CT molecular complexity index is 355. The average molecular weight is 243 g/mol. The third-order valence-corrected chi connectivity index (χ3v) is 2.85. The van der Waals surface area contributed by atoms with E-state index in [1.54, 1.807) is 7.11 Å². The fourth-order valence-electron chi connectivity index (χ4n) is 1.77. The second kappa shape index (κ2) is 5.32. The van der Waals surface area contributed by atoms with Gasteiger partial charge in [-0.3, -0.25) is 5.43 Å². The van der Waals surface area contributed by atoms with E-state index in [1.807, 2.05) is 0 Å². The molecule has 1 N–H and O–H groups in total. The van der Waals surface area contributed by atoms with Crippen molar-refractivity contribution >= 4 is 17.4 Å². The number of rotatable bonds is 3. The van der Waals surface area contributed by atoms with Crippen molar-refractivity contribution in [3.63, 3.8) is 0 Å². The van der Waals surface area contributed by atoms with Gasteiger partial charge in [-0.25, -0.2) is 15.0 Å². The van der Waals surface area contributed by atoms with E-state index in [1.165, 1.54) is 25.6 Å². The Morgan fingerprint density at radius 1 is 1.31 bits per heavy atom. The number of nitrogens with zero attached hydrogens (tertiary/aromatic N) is 3. The van der Waals surface area contributed by atoms with Crippen LogP contribution in [-0.2, 0) is 0 Å². The molecule has 1 saturated heterocycles. The molecule has 0 radical (unpaired) electrons. The standard InChI is InChI=1S/C10H15ClN4O/c1-16-8-9(11)12-7-13-10(8)14-15-5-3-2-4-6-15/h7H,2-6H2,1H3,(H,12,13,14). The summed E-state index contributed by atoms with van der Waals surface area (Å²) in [5.74, 6) is 1.12. The average Bonchev–Trinajstić information content (AvgIpc) is 2.31. The predicted molar refractivity (Wildman–Crippen MR) is 62.6 cm³/mol. The lowest BCUT2D eigenvalue weighted by Gasteiger charge is -2.27. The highest BCUT2D eigenvalue weighted by Crippen LogP contribution is 2.28. The third-order valence-electron chi connectivity index (χ3n) is 2.58. The SMILES string of the molecule is COc1c(Cl)ncnc1NN1CCCCC1. The molecule has 0 spiro atoms. The number of hydrogen-bond acceptors (Lipinski definition) is 5. The van der Waals surface area contributed by atoms with Crippen LogP contribution < -0.4 is 10.2 Å². The quantitative estimate of drug-likeness (QED) is 0.821. The van der Waals surface area contributed by atoms with Crippen LogP contribution in [0.5, 0.6) is 5.75 Å². The van der Waals surface area contributed by atoms with Crippen molar-refractivity contribution < 1.29 is 4.74 Å². The summed E-state index contributed by atoms with van der Waals surface area (Å²) in [4.78, 5) is 8.01. The van der Waals surface area contributed by atoms with E-state index in [0.717, 1.165) is 13.1 Å². The second-order valence-electron chi connectivity index (χ2n) is 3.71. The zero-order valence-electron chi connectivity index (χ0n) is 9.24. The van der Waals surface area contributed by atoms with Gasteiger partial charge in [0.05, 0.1) is 7.11 Å². The smallest absolute Gasteiger partial charge is 0.200 e. The van der Waals surface area contributed by atoms with Crippen molar-refractivity contribution in [3.05, 3.63) is 11.5 Å². The summed E-state index contributed by atoms with van der Waals surface area (Å²) in [6.45, 7) is 2.04. The summed E-state index contributed by atoms with van der Waals surface area (Å²) in [5, 5.41) is 2.46. The van der Waals surface area contributed by atoms with Crippen molar-refractivity contribution in [1.82, 2.24) is 15.0 Å². The predicted octanol–water partition coefficient (Wildman–Crippen LogP) is 1.95. The molecule has 2 rings (SSSR count). The van der Waals surface area contributed by atoms with Crippen molar-refractivity contribution in [3.8, 4) is 5.75 Å². The summed E-state index contributed by atoms with van der Waals surface area (Å²) >= 11 is 5.91. The van der Waals surface area contributed by atoms with Crippen LogP contribution in [0.15, 0.2) is 6.33 Å². The van der Waals surface area contributed by atoms with Gasteiger partial charge >= 0.3 is 0 Å². The number of nitrogens with one attached hydrogen (secondary N) is 1. The highest BCUT2D eigenvalue weighted by atomic mass is 35.5. The molecule has 0 aliphatic carbocycles. The number of methoxy groups -OCH3 is 1. The van der Waals surface area contributed by atoms with Gasteiger partial charge < -0.3 is 4.74 Å². The Morgan fingerprint density at radius 2 is 2.06 bits per heavy atom. The maximum Gasteiger partial charge on any atom is 0.200 e. The van der Waals surface area contributed by atoms with Crippen molar-refractivity contribution in [1.29, 1.82) is 0 Å². The Balaban J connectivity index is 2.10. The molecule has 1 fully saturated rings. The lowest BCUT2D eigenvalue weighted by molar-refractivity contribution is 0.270. The molecule has 1 aromatic rings. The van der Waals surface area contributed by atoms with Gasteiger partial charge in [-0.1, -0.05) is 18.0 Å². The van der Waals surface area contributed by atoms with Gasteiger partial charge in [0.1, 0.15) is 6.33 Å². The van der Waals surface area contributed by atoms with Crippen LogP contribution in [0.25, 0.3) is 0 Å². The van der Waals surface area contributed by atoms with Crippen LogP contribution >= 0.6 is 11.6 Å². The summed E-state index contributed by atoms with van der Waals surface area (Å²) < 4.78 is 5.17. The van der Waals surface area contributed by atoms with E-state index in [2.05, 4.69) is 20.4 Å². The van der Waals surface area contributed by atoms with E-state index in [0.29, 0.717) is 16.7 Å². The van der Waals surface area contributed by atoms with Crippen LogP contribution in [-0.4, -0.2) is 35.2 Å². The number of piperidine rings is 1. The minimum Gasteiger partial charge on any atom is -0.490 e. The summed E-state index contributed by atoms with van der Waals surface area (Å²) in [7, 11) is 1.56. The van der Waals surface area contributed by atoms with Crippen molar-refractivity contribution in [2.24, 2.45) is 0 Å². The Hall–Kier alpha value is -1.07. The highest BCUT2D eigenvalue weighted by Gasteiger charge is 2.15. The maximum absolute atomic E-state index is 5.91. The monoisotopic (exact) mass is 242 g/mol. The highest BCUT2D eigenvalue weighted by molar-refractivity contribution is 6.31. The van der Waals surface area contributed by atoms with Crippen molar-refractivity contribution in [2.75, 3.05) is 25.6 Å². The fraction of sp³-hybridized carbons (Fsp3) is 0.600. The molecule has 0 aromatic carbocycles. The largest absolute Gasteiger partial charge is 0.490 e. The molecule has 88 valence electrons. The molecule has 16 heavy (non-hydrogen) atoms. The molecule has 0 amide bonds. The van der Waals surface area contributed by atoms with Gasteiger partial charge in [-0.05, 0) is 12.8 Å². The van der Waals surface area contributed by atoms with Crippen LogP contribution in [0.1, 0.15) is 19.3 Å². The van der Waals surface area contributed by atoms with Gasteiger partial charge in [0.15, 0.2) is 16.7 Å². The lowest BCUT2D eigenvalue weighted by atomic mass is 10.2. The van der Waals surface area contributed by atoms with E-state index in [-0.39, 0.29) is 0 Å². The minimum atomic E-state index is 0.331. The number of anilines is 1. The molecular formula is C10H15ClN4O. The van der Waals surface area contributed by atoms with Crippen LogP contribution in [0.4, 0.5) is 5.82 Å². The Kier molecular flexibility index (Phi) is 3.79. The lowest BCUT2D eigenvalue weighted by Crippen LogP contribution is -2.35. The molecule has 5 nitrogen and oxygen atoms in total. The molecule has 0 atom stereocenters. The first kappa shape index (κ1) is 11.4. The van der Waals surface area contributed by atoms with Gasteiger partial charge in [0, 0.05) is 13.1 Å². The number of halogens is 1. The zero-order valence-corrected chi connectivity index (χ0v) is 10.00. The first-order valence-electron chi connectivity index (χ1n) is 5.37. The van der Waals surface area contributed by atoms with Crippen LogP contribution in [0.2, 0.25) is 5.15 Å². The molecule has 1 aromatic heterocycles. The van der Waals surface area contributed by atoms with E-state index < -0.39 is 0 Å². The normalized spacial score (nSPS) is 17.1. The minimum absolute atomic E-state index is 0.331. The van der Waals surface area contributed by atoms with E-state index in [4.69, 9.17) is 16.3 Å². The summed E-state index contributed by atoms with van der Waals surface area (Å²) in [5.41, 5.74) is 3.21. The molecule has 6 heteroatoms. The molecular weight excluding hydrogens is 228 g/mol. The number of hydrazine groups is 1. The number of hydrogen-bond donors (Lipinski definition) is 1. The topological polar surface area (TPSA) is 50.3 Å². The van der Waals surface area contributed by atoms with E-state index in [9.17, 15) is 0 Å².